The Bertz CT molecular complexity index is 238. The van der Waals surface area contributed by atoms with Crippen LogP contribution in [0.5, 0.6) is 5.75 Å². The van der Waals surface area contributed by atoms with Gasteiger partial charge in [-0.25, -0.2) is 0 Å². The summed E-state index contributed by atoms with van der Waals surface area (Å²) in [6.07, 6.45) is 0. The Balaban J connectivity index is 0. The van der Waals surface area contributed by atoms with Crippen molar-refractivity contribution in [1.29, 1.82) is 0 Å². The van der Waals surface area contributed by atoms with E-state index in [2.05, 4.69) is 19.9 Å². The number of rotatable bonds is 3. The quantitative estimate of drug-likeness (QED) is 0.521. The maximum Gasteiger partial charge on any atom is 2.00 e. The molecule has 4 heteroatoms. The third-order valence-electron chi connectivity index (χ3n) is 1.32. The fraction of sp³-hybridized carbons (Fsp3) is 0.400. The van der Waals surface area contributed by atoms with Gasteiger partial charge in [-0.1, -0.05) is 13.8 Å². The largest absolute Gasteiger partial charge is 2.00 e. The Labute approximate surface area is 111 Å². The first-order chi connectivity index (χ1) is 5.68. The van der Waals surface area contributed by atoms with E-state index in [0.29, 0.717) is 18.3 Å². The molecule has 0 atom stereocenters. The molecule has 74 valence electrons. The van der Waals surface area contributed by atoms with Gasteiger partial charge in [0, 0.05) is 11.6 Å². The molecule has 0 bridgehead atoms. The van der Waals surface area contributed by atoms with Gasteiger partial charge in [0.2, 0.25) is 0 Å². The van der Waals surface area contributed by atoms with Crippen LogP contribution in [0, 0.1) is 17.8 Å². The summed E-state index contributed by atoms with van der Waals surface area (Å²) in [6, 6.07) is 6.92. The molecule has 0 N–H and O–H groups in total. The van der Waals surface area contributed by atoms with E-state index < -0.39 is 0 Å². The maximum atomic E-state index is 12.4. The molecule has 0 fully saturated rings. The van der Waals surface area contributed by atoms with Gasteiger partial charge >= 0.3 is 23.1 Å². The van der Waals surface area contributed by atoms with Crippen LogP contribution >= 0.6 is 0 Å². The number of halogens is 2. The molecular formula is C10H12BrFMgO. The van der Waals surface area contributed by atoms with Gasteiger partial charge in [0.25, 0.3) is 0 Å². The first kappa shape index (κ1) is 16.6. The van der Waals surface area contributed by atoms with Crippen LogP contribution in [0.3, 0.4) is 0 Å². The van der Waals surface area contributed by atoms with Gasteiger partial charge in [-0.3, -0.25) is 4.39 Å². The van der Waals surface area contributed by atoms with Crippen LogP contribution in [0.2, 0.25) is 0 Å². The van der Waals surface area contributed by atoms with E-state index in [4.69, 9.17) is 4.74 Å². The molecule has 0 aliphatic heterocycles. The summed E-state index contributed by atoms with van der Waals surface area (Å²) in [4.78, 5) is 0. The van der Waals surface area contributed by atoms with E-state index in [9.17, 15) is 4.39 Å². The Morgan fingerprint density at radius 1 is 1.43 bits per heavy atom. The van der Waals surface area contributed by atoms with Crippen molar-refractivity contribution in [2.45, 2.75) is 13.8 Å². The predicted octanol–water partition coefficient (Wildman–Crippen LogP) is -0.716. The maximum absolute atomic E-state index is 12.4. The van der Waals surface area contributed by atoms with E-state index >= 15 is 0 Å². The predicted molar refractivity (Wildman–Crippen MR) is 51.3 cm³/mol. The van der Waals surface area contributed by atoms with Crippen molar-refractivity contribution >= 4 is 23.1 Å². The van der Waals surface area contributed by atoms with Gasteiger partial charge in [0.1, 0.15) is 0 Å². The number of hydrogen-bond donors (Lipinski definition) is 0. The van der Waals surface area contributed by atoms with Crippen molar-refractivity contribution in [2.24, 2.45) is 5.92 Å². The molecule has 1 nitrogen and oxygen atoms in total. The summed E-state index contributed by atoms with van der Waals surface area (Å²) in [5.41, 5.74) is 0. The molecular weight excluding hydrogens is 259 g/mol. The van der Waals surface area contributed by atoms with Gasteiger partial charge < -0.3 is 21.7 Å². The van der Waals surface area contributed by atoms with Crippen molar-refractivity contribution in [1.82, 2.24) is 0 Å². The molecule has 1 aromatic carbocycles. The second kappa shape index (κ2) is 8.50. The number of hydrogen-bond acceptors (Lipinski definition) is 1. The Kier molecular flexibility index (Phi) is 10.1. The normalized spacial score (nSPS) is 8.86. The van der Waals surface area contributed by atoms with E-state index in [-0.39, 0.29) is 45.9 Å². The van der Waals surface area contributed by atoms with Crippen molar-refractivity contribution in [3.63, 3.8) is 0 Å². The van der Waals surface area contributed by atoms with Crippen molar-refractivity contribution in [3.05, 3.63) is 30.1 Å². The summed E-state index contributed by atoms with van der Waals surface area (Å²) < 4.78 is 17.7. The summed E-state index contributed by atoms with van der Waals surface area (Å²) in [5.74, 6) is 0.792. The second-order valence-corrected chi connectivity index (χ2v) is 3.08. The first-order valence-electron chi connectivity index (χ1n) is 3.98. The molecule has 0 aliphatic rings. The molecule has 0 saturated heterocycles. The third-order valence-corrected chi connectivity index (χ3v) is 1.32. The van der Waals surface area contributed by atoms with Gasteiger partial charge in [-0.05, 0) is 5.92 Å². The average molecular weight is 271 g/mol. The Morgan fingerprint density at radius 2 is 2.07 bits per heavy atom. The smallest absolute Gasteiger partial charge is 1.00 e. The van der Waals surface area contributed by atoms with Gasteiger partial charge in [0.15, 0.2) is 0 Å². The third kappa shape index (κ3) is 6.62. The average Bonchev–Trinajstić information content (AvgIpc) is 2.03. The van der Waals surface area contributed by atoms with Crippen LogP contribution in [0.15, 0.2) is 18.2 Å². The standard InChI is InChI=1S/C10H12FO.BrH.Mg/c1-8(2)7-12-10-5-3-9(11)4-6-10;;/h3-5,8H,7H2,1-2H3;1H;/q-1;;+2/p-1. The van der Waals surface area contributed by atoms with Gasteiger partial charge in [-0.15, -0.1) is 24.3 Å². The molecule has 0 radical (unpaired) electrons. The summed E-state index contributed by atoms with van der Waals surface area (Å²) in [7, 11) is 0. The SMILES string of the molecule is CC(C)COc1[c-]cc(F)cc1.[Br-].[Mg+2]. The van der Waals surface area contributed by atoms with Gasteiger partial charge in [-0.2, -0.15) is 0 Å². The number of benzene rings is 1. The fourth-order valence-corrected chi connectivity index (χ4v) is 0.738. The van der Waals surface area contributed by atoms with E-state index in [1.807, 2.05) is 0 Å². The summed E-state index contributed by atoms with van der Waals surface area (Å²) >= 11 is 0. The molecule has 0 aromatic heterocycles. The first-order valence-corrected chi connectivity index (χ1v) is 3.98. The van der Waals surface area contributed by atoms with Crippen LogP contribution in [0.4, 0.5) is 4.39 Å². The second-order valence-electron chi connectivity index (χ2n) is 3.08. The molecule has 1 rings (SSSR count). The molecule has 1 aromatic rings. The van der Waals surface area contributed by atoms with Crippen LogP contribution in [-0.4, -0.2) is 29.7 Å². The van der Waals surface area contributed by atoms with Crippen molar-refractivity contribution < 1.29 is 26.1 Å². The van der Waals surface area contributed by atoms with Crippen LogP contribution in [0.25, 0.3) is 0 Å². The molecule has 14 heavy (non-hydrogen) atoms. The zero-order valence-corrected chi connectivity index (χ0v) is 11.4. The van der Waals surface area contributed by atoms with E-state index in [0.717, 1.165) is 0 Å². The minimum atomic E-state index is -0.285. The summed E-state index contributed by atoms with van der Waals surface area (Å²) in [6.45, 7) is 4.76. The zero-order chi connectivity index (χ0) is 8.97. The van der Waals surface area contributed by atoms with Crippen molar-refractivity contribution in [2.75, 3.05) is 6.61 Å². The molecule has 0 saturated carbocycles. The number of ether oxygens (including phenoxy) is 1. The monoisotopic (exact) mass is 270 g/mol. The van der Waals surface area contributed by atoms with E-state index in [1.54, 1.807) is 6.07 Å². The zero-order valence-electron chi connectivity index (χ0n) is 8.39. The minimum Gasteiger partial charge on any atom is -1.00 e. The van der Waals surface area contributed by atoms with E-state index in [1.165, 1.54) is 12.1 Å². The minimum absolute atomic E-state index is 0. The van der Waals surface area contributed by atoms with Gasteiger partial charge in [0.05, 0.1) is 6.61 Å². The topological polar surface area (TPSA) is 9.23 Å². The molecule has 0 unspecified atom stereocenters. The molecule has 0 aliphatic carbocycles. The van der Waals surface area contributed by atoms with Crippen LogP contribution in [-0.2, 0) is 0 Å². The Morgan fingerprint density at radius 3 is 2.50 bits per heavy atom. The molecule has 0 heterocycles. The Hall–Kier alpha value is 0.196. The fourth-order valence-electron chi connectivity index (χ4n) is 0.738. The summed E-state index contributed by atoms with van der Waals surface area (Å²) in [5, 5.41) is 0. The van der Waals surface area contributed by atoms with Crippen LogP contribution < -0.4 is 21.7 Å². The van der Waals surface area contributed by atoms with Crippen LogP contribution in [0.1, 0.15) is 13.8 Å². The molecule has 0 amide bonds. The van der Waals surface area contributed by atoms with Crippen molar-refractivity contribution in [3.8, 4) is 5.75 Å². The molecule has 0 spiro atoms.